The number of anilines is 1. The lowest BCUT2D eigenvalue weighted by molar-refractivity contribution is 0.0256. The van der Waals surface area contributed by atoms with E-state index in [1.807, 2.05) is 0 Å². The van der Waals surface area contributed by atoms with Gasteiger partial charge in [-0.05, 0) is 18.1 Å². The molecule has 1 aromatic carbocycles. The third-order valence-corrected chi connectivity index (χ3v) is 3.26. The van der Waals surface area contributed by atoms with Crippen LogP contribution in [-0.2, 0) is 11.2 Å². The normalized spacial score (nSPS) is 20.2. The fourth-order valence-electron chi connectivity index (χ4n) is 2.33. The standard InChI is InChI=1S/C13H17NO2/c1-2-12(9-13-10(1)3-6-14-13)16-11-4-7-15-8-5-11/h1-2,9,11,14H,3-8H2. The fraction of sp³-hybridized carbons (Fsp3) is 0.538. The van der Waals surface area contributed by atoms with E-state index in [1.165, 1.54) is 11.3 Å². The molecule has 0 aromatic heterocycles. The van der Waals surface area contributed by atoms with Gasteiger partial charge in [-0.15, -0.1) is 0 Å². The molecule has 0 spiro atoms. The Labute approximate surface area is 95.8 Å². The van der Waals surface area contributed by atoms with Crippen molar-refractivity contribution >= 4 is 5.69 Å². The average molecular weight is 219 g/mol. The van der Waals surface area contributed by atoms with Gasteiger partial charge in [-0.1, -0.05) is 6.07 Å². The number of rotatable bonds is 2. The Morgan fingerprint density at radius 3 is 3.00 bits per heavy atom. The molecule has 0 amide bonds. The topological polar surface area (TPSA) is 30.5 Å². The minimum Gasteiger partial charge on any atom is -0.490 e. The van der Waals surface area contributed by atoms with Crippen LogP contribution in [0, 0.1) is 0 Å². The van der Waals surface area contributed by atoms with Crippen LogP contribution in [0.2, 0.25) is 0 Å². The van der Waals surface area contributed by atoms with Crippen LogP contribution in [0.1, 0.15) is 18.4 Å². The number of hydrogen-bond acceptors (Lipinski definition) is 3. The van der Waals surface area contributed by atoms with Crippen molar-refractivity contribution in [1.29, 1.82) is 0 Å². The third-order valence-electron chi connectivity index (χ3n) is 3.26. The van der Waals surface area contributed by atoms with Gasteiger partial charge in [0.2, 0.25) is 0 Å². The summed E-state index contributed by atoms with van der Waals surface area (Å²) in [5, 5.41) is 3.37. The molecule has 0 radical (unpaired) electrons. The minimum absolute atomic E-state index is 0.327. The predicted molar refractivity (Wildman–Crippen MR) is 63.1 cm³/mol. The Morgan fingerprint density at radius 1 is 1.25 bits per heavy atom. The van der Waals surface area contributed by atoms with Crippen molar-refractivity contribution in [3.05, 3.63) is 23.8 Å². The summed E-state index contributed by atoms with van der Waals surface area (Å²) in [7, 11) is 0. The Hall–Kier alpha value is -1.22. The van der Waals surface area contributed by atoms with E-state index < -0.39 is 0 Å². The zero-order valence-corrected chi connectivity index (χ0v) is 9.37. The first-order valence-electron chi connectivity index (χ1n) is 6.03. The van der Waals surface area contributed by atoms with E-state index in [-0.39, 0.29) is 0 Å². The van der Waals surface area contributed by atoms with Crippen LogP contribution in [0.3, 0.4) is 0 Å². The van der Waals surface area contributed by atoms with Gasteiger partial charge in [0, 0.05) is 31.1 Å². The van der Waals surface area contributed by atoms with Crippen LogP contribution >= 0.6 is 0 Å². The van der Waals surface area contributed by atoms with Gasteiger partial charge in [0.05, 0.1) is 13.2 Å². The maximum atomic E-state index is 5.96. The molecule has 2 aliphatic rings. The summed E-state index contributed by atoms with van der Waals surface area (Å²) in [4.78, 5) is 0. The highest BCUT2D eigenvalue weighted by Gasteiger charge is 2.16. The third kappa shape index (κ3) is 2.00. The van der Waals surface area contributed by atoms with Gasteiger partial charge in [0.25, 0.3) is 0 Å². The summed E-state index contributed by atoms with van der Waals surface area (Å²) in [5.41, 5.74) is 2.64. The highest BCUT2D eigenvalue weighted by molar-refractivity contribution is 5.58. The van der Waals surface area contributed by atoms with Crippen molar-refractivity contribution < 1.29 is 9.47 Å². The molecule has 1 aromatic rings. The fourth-order valence-corrected chi connectivity index (χ4v) is 2.33. The van der Waals surface area contributed by atoms with E-state index >= 15 is 0 Å². The lowest BCUT2D eigenvalue weighted by Gasteiger charge is -2.23. The Balaban J connectivity index is 1.69. The average Bonchev–Trinajstić information content (AvgIpc) is 2.77. The quantitative estimate of drug-likeness (QED) is 0.827. The van der Waals surface area contributed by atoms with Crippen LogP contribution < -0.4 is 10.1 Å². The van der Waals surface area contributed by atoms with Crippen molar-refractivity contribution in [3.8, 4) is 5.75 Å². The zero-order chi connectivity index (χ0) is 10.8. The van der Waals surface area contributed by atoms with E-state index in [0.717, 1.165) is 44.8 Å². The zero-order valence-electron chi connectivity index (χ0n) is 9.37. The van der Waals surface area contributed by atoms with Crippen LogP contribution in [-0.4, -0.2) is 25.9 Å². The SMILES string of the molecule is c1cc2c(cc1OC1CCOCC1)NCC2. The van der Waals surface area contributed by atoms with Crippen LogP contribution in [0.4, 0.5) is 5.69 Å². The molecule has 2 aliphatic heterocycles. The van der Waals surface area contributed by atoms with Crippen LogP contribution in [0.25, 0.3) is 0 Å². The van der Waals surface area contributed by atoms with E-state index in [0.29, 0.717) is 6.10 Å². The summed E-state index contributed by atoms with van der Waals surface area (Å²) in [6.45, 7) is 2.71. The summed E-state index contributed by atoms with van der Waals surface area (Å²) in [5.74, 6) is 0.986. The van der Waals surface area contributed by atoms with Crippen molar-refractivity contribution in [2.75, 3.05) is 25.1 Å². The lowest BCUT2D eigenvalue weighted by atomic mass is 10.1. The molecule has 1 N–H and O–H groups in total. The molecule has 1 fully saturated rings. The molecule has 3 nitrogen and oxygen atoms in total. The monoisotopic (exact) mass is 219 g/mol. The molecule has 0 bridgehead atoms. The minimum atomic E-state index is 0.327. The number of nitrogens with one attached hydrogen (secondary N) is 1. The molecule has 0 atom stereocenters. The number of benzene rings is 1. The first-order chi connectivity index (χ1) is 7.92. The second-order valence-electron chi connectivity index (χ2n) is 4.43. The molecular weight excluding hydrogens is 202 g/mol. The summed E-state index contributed by atoms with van der Waals surface area (Å²) in [6.07, 6.45) is 3.47. The second kappa shape index (κ2) is 4.34. The molecule has 0 unspecified atom stereocenters. The Morgan fingerprint density at radius 2 is 2.12 bits per heavy atom. The van der Waals surface area contributed by atoms with Gasteiger partial charge in [-0.3, -0.25) is 0 Å². The largest absolute Gasteiger partial charge is 0.490 e. The second-order valence-corrected chi connectivity index (χ2v) is 4.43. The molecule has 0 saturated carbocycles. The van der Waals surface area contributed by atoms with Crippen molar-refractivity contribution in [2.45, 2.75) is 25.4 Å². The predicted octanol–water partition coefficient (Wildman–Crippen LogP) is 2.21. The van der Waals surface area contributed by atoms with E-state index in [1.54, 1.807) is 0 Å². The van der Waals surface area contributed by atoms with Crippen molar-refractivity contribution in [2.24, 2.45) is 0 Å². The molecule has 86 valence electrons. The maximum Gasteiger partial charge on any atom is 0.121 e. The van der Waals surface area contributed by atoms with E-state index in [9.17, 15) is 0 Å². The maximum absolute atomic E-state index is 5.96. The molecule has 2 heterocycles. The number of ether oxygens (including phenoxy) is 2. The van der Waals surface area contributed by atoms with Crippen LogP contribution in [0.5, 0.6) is 5.75 Å². The van der Waals surface area contributed by atoms with E-state index in [2.05, 4.69) is 23.5 Å². The molecule has 3 rings (SSSR count). The van der Waals surface area contributed by atoms with Crippen molar-refractivity contribution in [1.82, 2.24) is 0 Å². The highest BCUT2D eigenvalue weighted by atomic mass is 16.5. The molecule has 0 aliphatic carbocycles. The lowest BCUT2D eigenvalue weighted by Crippen LogP contribution is -2.25. The number of hydrogen-bond donors (Lipinski definition) is 1. The molecule has 1 saturated heterocycles. The summed E-state index contributed by atoms with van der Waals surface area (Å²) >= 11 is 0. The Kier molecular flexibility index (Phi) is 2.70. The first-order valence-corrected chi connectivity index (χ1v) is 6.03. The van der Waals surface area contributed by atoms with E-state index in [4.69, 9.17) is 9.47 Å². The first kappa shape index (κ1) is 9.97. The van der Waals surface area contributed by atoms with Crippen molar-refractivity contribution in [3.63, 3.8) is 0 Å². The number of fused-ring (bicyclic) bond motifs is 1. The van der Waals surface area contributed by atoms with Gasteiger partial charge in [0.15, 0.2) is 0 Å². The van der Waals surface area contributed by atoms with Gasteiger partial charge in [-0.2, -0.15) is 0 Å². The molecule has 16 heavy (non-hydrogen) atoms. The smallest absolute Gasteiger partial charge is 0.121 e. The van der Waals surface area contributed by atoms with Gasteiger partial charge in [0.1, 0.15) is 11.9 Å². The highest BCUT2D eigenvalue weighted by Crippen LogP contribution is 2.28. The molecular formula is C13H17NO2. The van der Waals surface area contributed by atoms with Gasteiger partial charge in [-0.25, -0.2) is 0 Å². The summed E-state index contributed by atoms with van der Waals surface area (Å²) < 4.78 is 11.3. The summed E-state index contributed by atoms with van der Waals surface area (Å²) in [6, 6.07) is 6.38. The Bertz CT molecular complexity index is 372. The van der Waals surface area contributed by atoms with Gasteiger partial charge >= 0.3 is 0 Å². The molecule has 3 heteroatoms. The van der Waals surface area contributed by atoms with Crippen LogP contribution in [0.15, 0.2) is 18.2 Å². The van der Waals surface area contributed by atoms with Gasteiger partial charge < -0.3 is 14.8 Å².